The highest BCUT2D eigenvalue weighted by atomic mass is 32.2. The van der Waals surface area contributed by atoms with Crippen LogP contribution in [0.1, 0.15) is 233 Å². The van der Waals surface area contributed by atoms with E-state index in [1.54, 1.807) is 0 Å². The van der Waals surface area contributed by atoms with Gasteiger partial charge in [0.25, 0.3) is 0 Å². The number of aliphatic hydroxyl groups is 2. The molecule has 360 valence electrons. The van der Waals surface area contributed by atoms with Gasteiger partial charge in [-0.2, -0.15) is 0 Å². The van der Waals surface area contributed by atoms with Crippen LogP contribution in [0.4, 0.5) is 0 Å². The first-order valence-electron chi connectivity index (χ1n) is 25.7. The molecule has 0 aromatic rings. The number of thioether (sulfide) groups is 2. The van der Waals surface area contributed by atoms with Crippen LogP contribution in [0.25, 0.3) is 0 Å². The van der Waals surface area contributed by atoms with Crippen molar-refractivity contribution in [1.82, 2.24) is 10.6 Å². The summed E-state index contributed by atoms with van der Waals surface area (Å²) >= 11 is 3.64. The van der Waals surface area contributed by atoms with Crippen LogP contribution in [0.3, 0.4) is 0 Å². The molecule has 8 nitrogen and oxygen atoms in total. The van der Waals surface area contributed by atoms with E-state index in [2.05, 4.69) is 38.3 Å². The van der Waals surface area contributed by atoms with Gasteiger partial charge in [-0.1, -0.05) is 156 Å². The summed E-state index contributed by atoms with van der Waals surface area (Å²) in [7, 11) is 0. The molecule has 0 amide bonds. The largest absolute Gasteiger partial charge is 0.465 e. The van der Waals surface area contributed by atoms with Crippen molar-refractivity contribution in [2.75, 3.05) is 64.1 Å². The zero-order chi connectivity index (χ0) is 44.3. The normalized spacial score (nSPS) is 12.2. The number of hydrogen-bond donors (Lipinski definition) is 4. The minimum atomic E-state index is 0.0237. The topological polar surface area (TPSA) is 117 Å². The standard InChI is InChI=1S/2C25H51NO3S/c2*1-3-5-7-8-9-12-18-24(30-23-17-6-4-2)25(28)29-22-16-11-10-13-19-26-20-14-15-21-27/h2*24,26-27H,3-23H2,1-2H3. The third-order valence-corrected chi connectivity index (χ3v) is 13.5. The number of nitrogens with one attached hydrogen (secondary N) is 2. The molecule has 0 heterocycles. The highest BCUT2D eigenvalue weighted by molar-refractivity contribution is 8.00. The summed E-state index contributed by atoms with van der Waals surface area (Å²) in [5.74, 6) is 2.20. The Hall–Kier alpha value is -0.520. The van der Waals surface area contributed by atoms with E-state index >= 15 is 0 Å². The maximum absolute atomic E-state index is 12.6. The van der Waals surface area contributed by atoms with Gasteiger partial charge in [0, 0.05) is 13.2 Å². The van der Waals surface area contributed by atoms with E-state index in [0.29, 0.717) is 13.2 Å². The summed E-state index contributed by atoms with van der Waals surface area (Å²) in [5, 5.41) is 24.4. The van der Waals surface area contributed by atoms with Crippen LogP contribution in [0.5, 0.6) is 0 Å². The molecule has 60 heavy (non-hydrogen) atoms. The molecule has 0 aromatic heterocycles. The first-order valence-corrected chi connectivity index (χ1v) is 27.8. The molecule has 0 aliphatic carbocycles. The maximum atomic E-state index is 12.6. The van der Waals surface area contributed by atoms with E-state index in [0.717, 1.165) is 115 Å². The third-order valence-electron chi connectivity index (χ3n) is 10.8. The Bertz CT molecular complexity index is 777. The Kier molecular flexibility index (Phi) is 56.0. The number of hydrogen-bond acceptors (Lipinski definition) is 10. The second kappa shape index (κ2) is 54.6. The lowest BCUT2D eigenvalue weighted by atomic mass is 10.1. The van der Waals surface area contributed by atoms with Gasteiger partial charge in [0.1, 0.15) is 10.5 Å². The van der Waals surface area contributed by atoms with Gasteiger partial charge in [-0.05, 0) is 115 Å². The molecule has 0 spiro atoms. The highest BCUT2D eigenvalue weighted by Crippen LogP contribution is 2.23. The minimum absolute atomic E-state index is 0.0237. The summed E-state index contributed by atoms with van der Waals surface area (Å²) in [6.45, 7) is 14.7. The fourth-order valence-electron chi connectivity index (χ4n) is 6.83. The predicted molar refractivity (Wildman–Crippen MR) is 265 cm³/mol. The van der Waals surface area contributed by atoms with E-state index in [9.17, 15) is 9.59 Å². The van der Waals surface area contributed by atoms with Crippen molar-refractivity contribution < 1.29 is 29.3 Å². The van der Waals surface area contributed by atoms with Gasteiger partial charge in [0.2, 0.25) is 0 Å². The molecule has 0 fully saturated rings. The Labute approximate surface area is 381 Å². The molecule has 0 bridgehead atoms. The Morgan fingerprint density at radius 2 is 0.700 bits per heavy atom. The predicted octanol–water partition coefficient (Wildman–Crippen LogP) is 13.0. The van der Waals surface area contributed by atoms with Gasteiger partial charge >= 0.3 is 11.9 Å². The molecule has 0 aliphatic rings. The van der Waals surface area contributed by atoms with Crippen LogP contribution >= 0.6 is 23.5 Å². The van der Waals surface area contributed by atoms with Crippen molar-refractivity contribution in [3.63, 3.8) is 0 Å². The van der Waals surface area contributed by atoms with E-state index in [4.69, 9.17) is 19.7 Å². The van der Waals surface area contributed by atoms with Gasteiger partial charge < -0.3 is 30.3 Å². The second-order valence-electron chi connectivity index (χ2n) is 16.8. The molecule has 0 radical (unpaired) electrons. The number of carbonyl (C=O) groups is 2. The van der Waals surface area contributed by atoms with Gasteiger partial charge in [0.05, 0.1) is 13.2 Å². The lowest BCUT2D eigenvalue weighted by Crippen LogP contribution is -2.21. The SMILES string of the molecule is CCCCCCCCC(SCCCCC)C(=O)OCCCCCCNCCCCO.CCCCCCCCC(SCCCCC)C(=O)OCCCCCCNCCCCO. The van der Waals surface area contributed by atoms with Gasteiger partial charge in [0.15, 0.2) is 0 Å². The van der Waals surface area contributed by atoms with Crippen molar-refractivity contribution in [3.8, 4) is 0 Å². The fourth-order valence-corrected chi connectivity index (χ4v) is 9.22. The molecule has 2 atom stereocenters. The van der Waals surface area contributed by atoms with Crippen LogP contribution in [0.15, 0.2) is 0 Å². The van der Waals surface area contributed by atoms with Gasteiger partial charge in [-0.25, -0.2) is 0 Å². The molecule has 0 aromatic carbocycles. The lowest BCUT2D eigenvalue weighted by molar-refractivity contribution is -0.144. The zero-order valence-corrected chi connectivity index (χ0v) is 41.8. The van der Waals surface area contributed by atoms with E-state index in [-0.39, 0.29) is 35.7 Å². The maximum Gasteiger partial charge on any atom is 0.319 e. The van der Waals surface area contributed by atoms with Gasteiger partial charge in [-0.3, -0.25) is 9.59 Å². The molecular weight excluding hydrogens is 789 g/mol. The summed E-state index contributed by atoms with van der Waals surface area (Å²) < 4.78 is 11.3. The summed E-state index contributed by atoms with van der Waals surface area (Å²) in [6, 6.07) is 0. The van der Waals surface area contributed by atoms with Crippen LogP contribution in [0, 0.1) is 0 Å². The molecule has 0 aliphatic heterocycles. The number of unbranched alkanes of at least 4 members (excludes halogenated alkanes) is 22. The number of esters is 2. The molecule has 10 heteroatoms. The quantitative estimate of drug-likeness (QED) is 0.0347. The molecule has 2 unspecified atom stereocenters. The minimum Gasteiger partial charge on any atom is -0.465 e. The summed E-state index contributed by atoms with van der Waals surface area (Å²) in [5.41, 5.74) is 0. The molecule has 0 saturated heterocycles. The number of ether oxygens (including phenoxy) is 2. The highest BCUT2D eigenvalue weighted by Gasteiger charge is 2.21. The van der Waals surface area contributed by atoms with Crippen LogP contribution < -0.4 is 10.6 Å². The summed E-state index contributed by atoms with van der Waals surface area (Å²) in [4.78, 5) is 25.1. The third kappa shape index (κ3) is 48.5. The molecular formula is C50H102N2O6S2. The molecule has 4 N–H and O–H groups in total. The number of rotatable bonds is 48. The monoisotopic (exact) mass is 891 g/mol. The smallest absolute Gasteiger partial charge is 0.319 e. The Balaban J connectivity index is 0. The Morgan fingerprint density at radius 3 is 1.07 bits per heavy atom. The average molecular weight is 892 g/mol. The second-order valence-corrected chi connectivity index (χ2v) is 19.4. The fraction of sp³-hybridized carbons (Fsp3) is 0.960. The number of carbonyl (C=O) groups excluding carboxylic acids is 2. The van der Waals surface area contributed by atoms with Crippen LogP contribution in [-0.2, 0) is 19.1 Å². The zero-order valence-electron chi connectivity index (χ0n) is 40.2. The van der Waals surface area contributed by atoms with Crippen molar-refractivity contribution in [2.24, 2.45) is 0 Å². The van der Waals surface area contributed by atoms with E-state index < -0.39 is 0 Å². The summed E-state index contributed by atoms with van der Waals surface area (Å²) in [6.07, 6.45) is 37.3. The van der Waals surface area contributed by atoms with Crippen molar-refractivity contribution in [3.05, 3.63) is 0 Å². The van der Waals surface area contributed by atoms with Crippen molar-refractivity contribution >= 4 is 35.5 Å². The van der Waals surface area contributed by atoms with Gasteiger partial charge in [-0.15, -0.1) is 23.5 Å². The van der Waals surface area contributed by atoms with E-state index in [1.165, 1.54) is 128 Å². The Morgan fingerprint density at radius 1 is 0.400 bits per heavy atom. The molecule has 0 rings (SSSR count). The van der Waals surface area contributed by atoms with E-state index in [1.807, 2.05) is 23.5 Å². The van der Waals surface area contributed by atoms with Crippen LogP contribution in [0.2, 0.25) is 0 Å². The molecule has 0 saturated carbocycles. The number of aliphatic hydroxyl groups excluding tert-OH is 2. The van der Waals surface area contributed by atoms with Crippen LogP contribution in [-0.4, -0.2) is 96.8 Å². The van der Waals surface area contributed by atoms with Crippen molar-refractivity contribution in [2.45, 2.75) is 244 Å². The van der Waals surface area contributed by atoms with Crippen molar-refractivity contribution in [1.29, 1.82) is 0 Å². The first kappa shape index (κ1) is 61.6. The average Bonchev–Trinajstić information content (AvgIpc) is 3.25. The first-order chi connectivity index (χ1) is 29.5. The lowest BCUT2D eigenvalue weighted by Gasteiger charge is -2.16.